The summed E-state index contributed by atoms with van der Waals surface area (Å²) in [4.78, 5) is 39.7. The zero-order valence-corrected chi connectivity index (χ0v) is 16.6. The van der Waals surface area contributed by atoms with Crippen LogP contribution >= 0.6 is 11.3 Å². The number of aryl methyl sites for hydroxylation is 2. The number of carbonyl (C=O) groups excluding carboxylic acids is 2. The van der Waals surface area contributed by atoms with Crippen molar-refractivity contribution in [3.05, 3.63) is 47.3 Å². The molecule has 1 aliphatic carbocycles. The van der Waals surface area contributed by atoms with Crippen LogP contribution in [0.15, 0.2) is 30.5 Å². The molecule has 0 atom stereocenters. The van der Waals surface area contributed by atoms with Crippen molar-refractivity contribution in [2.75, 3.05) is 19.4 Å². The maximum Gasteiger partial charge on any atom is 0.253 e. The maximum absolute atomic E-state index is 12.1. The van der Waals surface area contributed by atoms with Gasteiger partial charge in [-0.3, -0.25) is 9.59 Å². The molecule has 0 aliphatic heterocycles. The van der Waals surface area contributed by atoms with Crippen molar-refractivity contribution in [1.29, 1.82) is 0 Å². The SMILES string of the molecule is CC(=O)Nc1nc2c(s1)-c1nc(-c3ccc(C(=O)N(C)C)cc3)ncc1CC2. The van der Waals surface area contributed by atoms with E-state index in [0.29, 0.717) is 16.5 Å². The first kappa shape index (κ1) is 18.2. The fraction of sp³-hybridized carbons (Fsp3) is 0.250. The van der Waals surface area contributed by atoms with E-state index in [9.17, 15) is 9.59 Å². The molecular weight excluding hydrogens is 374 g/mol. The van der Waals surface area contributed by atoms with Crippen LogP contribution in [-0.4, -0.2) is 45.8 Å². The number of rotatable bonds is 3. The van der Waals surface area contributed by atoms with E-state index in [2.05, 4.69) is 15.3 Å². The minimum absolute atomic E-state index is 0.0438. The second kappa shape index (κ2) is 7.12. The predicted molar refractivity (Wildman–Crippen MR) is 108 cm³/mol. The average Bonchev–Trinajstić information content (AvgIpc) is 3.09. The van der Waals surface area contributed by atoms with E-state index in [1.165, 1.54) is 18.3 Å². The largest absolute Gasteiger partial charge is 0.345 e. The first-order valence-corrected chi connectivity index (χ1v) is 9.69. The number of aromatic nitrogens is 3. The number of hydrogen-bond acceptors (Lipinski definition) is 6. The molecule has 3 aromatic rings. The monoisotopic (exact) mass is 393 g/mol. The van der Waals surface area contributed by atoms with E-state index in [4.69, 9.17) is 4.98 Å². The van der Waals surface area contributed by atoms with Crippen molar-refractivity contribution < 1.29 is 9.59 Å². The normalized spacial score (nSPS) is 12.1. The van der Waals surface area contributed by atoms with Crippen molar-refractivity contribution in [1.82, 2.24) is 19.9 Å². The maximum atomic E-state index is 12.1. The Bertz CT molecular complexity index is 1070. The standard InChI is InChI=1S/C20H19N5O2S/c1-11(26)22-20-23-15-9-8-14-10-21-18(24-16(14)17(15)28-20)12-4-6-13(7-5-12)19(27)25(2)3/h4-7,10H,8-9H2,1-3H3,(H,22,23,26). The van der Waals surface area contributed by atoms with Gasteiger partial charge >= 0.3 is 0 Å². The van der Waals surface area contributed by atoms with Gasteiger partial charge in [0.05, 0.1) is 16.3 Å². The highest BCUT2D eigenvalue weighted by molar-refractivity contribution is 7.19. The summed E-state index contributed by atoms with van der Waals surface area (Å²) in [6.45, 7) is 1.47. The topological polar surface area (TPSA) is 88.1 Å². The van der Waals surface area contributed by atoms with Gasteiger partial charge in [0.15, 0.2) is 11.0 Å². The van der Waals surface area contributed by atoms with E-state index in [1.807, 2.05) is 18.3 Å². The molecule has 0 fully saturated rings. The summed E-state index contributed by atoms with van der Waals surface area (Å²) in [6, 6.07) is 7.29. The summed E-state index contributed by atoms with van der Waals surface area (Å²) < 4.78 is 0. The molecule has 0 bridgehead atoms. The van der Waals surface area contributed by atoms with Crippen LogP contribution in [0, 0.1) is 0 Å². The van der Waals surface area contributed by atoms with Gasteiger partial charge in [-0.1, -0.05) is 23.5 Å². The molecule has 0 saturated heterocycles. The molecule has 0 saturated carbocycles. The van der Waals surface area contributed by atoms with Crippen LogP contribution in [0.5, 0.6) is 0 Å². The first-order valence-electron chi connectivity index (χ1n) is 8.88. The Morgan fingerprint density at radius 3 is 2.54 bits per heavy atom. The number of thiazole rings is 1. The van der Waals surface area contributed by atoms with Gasteiger partial charge in [0.1, 0.15) is 0 Å². The molecule has 8 heteroatoms. The van der Waals surface area contributed by atoms with Crippen LogP contribution in [0.2, 0.25) is 0 Å². The van der Waals surface area contributed by atoms with Crippen LogP contribution < -0.4 is 5.32 Å². The number of amides is 2. The highest BCUT2D eigenvalue weighted by atomic mass is 32.1. The van der Waals surface area contributed by atoms with Gasteiger partial charge in [0, 0.05) is 38.3 Å². The van der Waals surface area contributed by atoms with E-state index in [1.54, 1.807) is 31.1 Å². The van der Waals surface area contributed by atoms with Crippen molar-refractivity contribution in [3.8, 4) is 22.0 Å². The third-order valence-corrected chi connectivity index (χ3v) is 5.51. The van der Waals surface area contributed by atoms with Crippen LogP contribution in [0.25, 0.3) is 22.0 Å². The number of nitrogens with one attached hydrogen (secondary N) is 1. The number of fused-ring (bicyclic) bond motifs is 3. The van der Waals surface area contributed by atoms with Gasteiger partial charge < -0.3 is 10.2 Å². The Hall–Kier alpha value is -3.13. The Kier molecular flexibility index (Phi) is 4.64. The van der Waals surface area contributed by atoms with Crippen molar-refractivity contribution in [2.24, 2.45) is 0 Å². The van der Waals surface area contributed by atoms with Crippen LogP contribution in [0.1, 0.15) is 28.5 Å². The van der Waals surface area contributed by atoms with Gasteiger partial charge in [0.25, 0.3) is 5.91 Å². The Balaban J connectivity index is 1.69. The molecule has 1 aliphatic rings. The highest BCUT2D eigenvalue weighted by Crippen LogP contribution is 2.38. The summed E-state index contributed by atoms with van der Waals surface area (Å²) in [5.41, 5.74) is 4.37. The van der Waals surface area contributed by atoms with Crippen LogP contribution in [0.3, 0.4) is 0 Å². The summed E-state index contributed by atoms with van der Waals surface area (Å²) >= 11 is 1.44. The lowest BCUT2D eigenvalue weighted by molar-refractivity contribution is -0.114. The Morgan fingerprint density at radius 2 is 1.86 bits per heavy atom. The number of nitrogens with zero attached hydrogens (tertiary/aromatic N) is 4. The Labute approximate surface area is 166 Å². The molecule has 2 aromatic heterocycles. The zero-order valence-electron chi connectivity index (χ0n) is 15.8. The fourth-order valence-corrected chi connectivity index (χ4v) is 4.19. The van der Waals surface area contributed by atoms with E-state index < -0.39 is 0 Å². The van der Waals surface area contributed by atoms with Gasteiger partial charge in [-0.15, -0.1) is 0 Å². The van der Waals surface area contributed by atoms with Gasteiger partial charge in [-0.25, -0.2) is 15.0 Å². The number of benzene rings is 1. The summed E-state index contributed by atoms with van der Waals surface area (Å²) in [5, 5.41) is 3.35. The van der Waals surface area contributed by atoms with Crippen molar-refractivity contribution >= 4 is 28.3 Å². The lowest BCUT2D eigenvalue weighted by Gasteiger charge is -2.14. The minimum Gasteiger partial charge on any atom is -0.345 e. The van der Waals surface area contributed by atoms with Gasteiger partial charge in [-0.2, -0.15) is 0 Å². The molecule has 142 valence electrons. The van der Waals surface area contributed by atoms with Crippen molar-refractivity contribution in [2.45, 2.75) is 19.8 Å². The predicted octanol–water partition coefficient (Wildman–Crippen LogP) is 3.03. The molecule has 7 nitrogen and oxygen atoms in total. The third-order valence-electron chi connectivity index (χ3n) is 4.49. The molecule has 2 amide bonds. The highest BCUT2D eigenvalue weighted by Gasteiger charge is 2.23. The fourth-order valence-electron chi connectivity index (χ4n) is 3.11. The lowest BCUT2D eigenvalue weighted by Crippen LogP contribution is -2.21. The van der Waals surface area contributed by atoms with E-state index in [-0.39, 0.29) is 11.8 Å². The van der Waals surface area contributed by atoms with E-state index >= 15 is 0 Å². The summed E-state index contributed by atoms with van der Waals surface area (Å²) in [5.74, 6) is 0.421. The number of carbonyl (C=O) groups is 2. The molecule has 28 heavy (non-hydrogen) atoms. The summed E-state index contributed by atoms with van der Waals surface area (Å²) in [6.07, 6.45) is 3.49. The molecule has 1 aromatic carbocycles. The van der Waals surface area contributed by atoms with E-state index in [0.717, 1.165) is 40.2 Å². The van der Waals surface area contributed by atoms with Gasteiger partial charge in [-0.05, 0) is 30.5 Å². The molecule has 0 unspecified atom stereocenters. The molecule has 2 heterocycles. The van der Waals surface area contributed by atoms with Gasteiger partial charge in [0.2, 0.25) is 5.91 Å². The molecular formula is C20H19N5O2S. The second-order valence-electron chi connectivity index (χ2n) is 6.82. The first-order chi connectivity index (χ1) is 13.4. The molecule has 4 rings (SSSR count). The smallest absolute Gasteiger partial charge is 0.253 e. The minimum atomic E-state index is -0.137. The van der Waals surface area contributed by atoms with Crippen molar-refractivity contribution in [3.63, 3.8) is 0 Å². The average molecular weight is 393 g/mol. The summed E-state index contributed by atoms with van der Waals surface area (Å²) in [7, 11) is 3.45. The van der Waals surface area contributed by atoms with Crippen LogP contribution in [-0.2, 0) is 17.6 Å². The molecule has 0 radical (unpaired) electrons. The second-order valence-corrected chi connectivity index (χ2v) is 7.82. The Morgan fingerprint density at radius 1 is 1.11 bits per heavy atom. The number of anilines is 1. The lowest BCUT2D eigenvalue weighted by atomic mass is 9.99. The third kappa shape index (κ3) is 3.38. The zero-order chi connectivity index (χ0) is 19.8. The number of hydrogen-bond donors (Lipinski definition) is 1. The molecule has 0 spiro atoms. The quantitative estimate of drug-likeness (QED) is 0.739. The molecule has 1 N–H and O–H groups in total. The van der Waals surface area contributed by atoms with Crippen LogP contribution in [0.4, 0.5) is 5.13 Å².